The smallest absolute Gasteiger partial charge is 0.342 e. The molecule has 0 aliphatic carbocycles. The number of hydrogen-bond donors (Lipinski definition) is 2. The molecule has 2 aromatic carbocycles. The molecule has 3 aliphatic heterocycles. The summed E-state index contributed by atoms with van der Waals surface area (Å²) in [6, 6.07) is 12.9. The van der Waals surface area contributed by atoms with E-state index in [1.165, 1.54) is 16.7 Å². The van der Waals surface area contributed by atoms with Gasteiger partial charge in [0.15, 0.2) is 0 Å². The van der Waals surface area contributed by atoms with Gasteiger partial charge in [-0.05, 0) is 25.5 Å². The fourth-order valence-electron chi connectivity index (χ4n) is 4.55. The molecule has 0 spiro atoms. The van der Waals surface area contributed by atoms with Crippen molar-refractivity contribution in [2.75, 3.05) is 0 Å². The Morgan fingerprint density at radius 2 is 1.77 bits per heavy atom. The van der Waals surface area contributed by atoms with Gasteiger partial charge >= 0.3 is 11.9 Å². The van der Waals surface area contributed by atoms with Gasteiger partial charge in [0.1, 0.15) is 23.5 Å². The molecule has 2 amide bonds. The molecule has 0 aromatic heterocycles. The third-order valence-electron chi connectivity index (χ3n) is 6.28. The second kappa shape index (κ2) is 9.43. The summed E-state index contributed by atoms with van der Waals surface area (Å²) >= 11 is 1.40. The van der Waals surface area contributed by atoms with Gasteiger partial charge in [0.2, 0.25) is 11.8 Å². The summed E-state index contributed by atoms with van der Waals surface area (Å²) in [5.74, 6) is -2.09. The van der Waals surface area contributed by atoms with E-state index in [2.05, 4.69) is 5.32 Å². The second-order valence-electron chi connectivity index (χ2n) is 8.90. The van der Waals surface area contributed by atoms with Gasteiger partial charge in [0.05, 0.1) is 5.56 Å². The van der Waals surface area contributed by atoms with Gasteiger partial charge in [-0.3, -0.25) is 9.59 Å². The zero-order chi connectivity index (χ0) is 24.2. The van der Waals surface area contributed by atoms with Crippen LogP contribution in [0.2, 0.25) is 0 Å². The van der Waals surface area contributed by atoms with E-state index in [1.807, 2.05) is 19.9 Å². The van der Waals surface area contributed by atoms with E-state index < -0.39 is 52.4 Å². The number of esters is 2. The Bertz CT molecular complexity index is 1190. The normalized spacial score (nSPS) is 26.4. The minimum Gasteiger partial charge on any atom is -0.419 e. The Kier molecular flexibility index (Phi) is 6.86. The SMILES string of the molecule is CC1(C)S[C@@H]2[C@H](NC(=O)[C@H](N)c3ccccc3)C(=O)N2[C@H]1C(=O)OC1OC(=O)c2ccccc21.I. The van der Waals surface area contributed by atoms with Gasteiger partial charge in [-0.2, -0.15) is 0 Å². The molecule has 0 bridgehead atoms. The molecule has 3 heterocycles. The van der Waals surface area contributed by atoms with Crippen molar-refractivity contribution in [3.8, 4) is 0 Å². The summed E-state index contributed by atoms with van der Waals surface area (Å²) in [7, 11) is 0. The number of halogens is 1. The van der Waals surface area contributed by atoms with Crippen molar-refractivity contribution in [1.29, 1.82) is 0 Å². The van der Waals surface area contributed by atoms with E-state index >= 15 is 0 Å². The maximum atomic E-state index is 13.2. The van der Waals surface area contributed by atoms with Crippen LogP contribution >= 0.6 is 35.7 Å². The summed E-state index contributed by atoms with van der Waals surface area (Å²) in [5.41, 5.74) is 7.51. The number of nitrogens with zero attached hydrogens (tertiary/aromatic N) is 1. The molecular weight excluding hydrogens is 585 g/mol. The summed E-state index contributed by atoms with van der Waals surface area (Å²) < 4.78 is 10.1. The molecule has 184 valence electrons. The number of ether oxygens (including phenoxy) is 2. The van der Waals surface area contributed by atoms with E-state index in [1.54, 1.807) is 48.5 Å². The molecule has 3 N–H and O–H groups in total. The molecule has 5 rings (SSSR count). The number of carbonyl (C=O) groups excluding carboxylic acids is 4. The highest BCUT2D eigenvalue weighted by atomic mass is 127. The fourth-order valence-corrected chi connectivity index (χ4v) is 6.17. The van der Waals surface area contributed by atoms with Gasteiger partial charge in [-0.25, -0.2) is 9.59 Å². The first-order valence-corrected chi connectivity index (χ1v) is 11.7. The van der Waals surface area contributed by atoms with Crippen LogP contribution in [0.1, 0.15) is 47.7 Å². The molecule has 2 fully saturated rings. The predicted octanol–water partition coefficient (Wildman–Crippen LogP) is 2.26. The quantitative estimate of drug-likeness (QED) is 0.300. The number of β-lactam (4-membered cyclic amide) rings is 1. The topological polar surface area (TPSA) is 128 Å². The van der Waals surface area contributed by atoms with Crippen LogP contribution in [0.25, 0.3) is 0 Å². The number of amides is 2. The molecule has 2 aromatic rings. The van der Waals surface area contributed by atoms with Crippen molar-refractivity contribution in [1.82, 2.24) is 10.2 Å². The first-order valence-electron chi connectivity index (χ1n) is 10.8. The van der Waals surface area contributed by atoms with Crippen molar-refractivity contribution in [3.05, 3.63) is 71.3 Å². The van der Waals surface area contributed by atoms with Crippen LogP contribution in [0.5, 0.6) is 0 Å². The maximum absolute atomic E-state index is 13.2. The number of cyclic esters (lactones) is 1. The number of rotatable bonds is 5. The van der Waals surface area contributed by atoms with Crippen molar-refractivity contribution < 1.29 is 28.7 Å². The fraction of sp³-hybridized carbons (Fsp3) is 0.333. The predicted molar refractivity (Wildman–Crippen MR) is 137 cm³/mol. The van der Waals surface area contributed by atoms with Crippen LogP contribution in [-0.4, -0.2) is 50.9 Å². The van der Waals surface area contributed by atoms with E-state index in [-0.39, 0.29) is 29.9 Å². The van der Waals surface area contributed by atoms with Gasteiger partial charge in [0, 0.05) is 10.3 Å². The van der Waals surface area contributed by atoms with E-state index in [4.69, 9.17) is 15.2 Å². The van der Waals surface area contributed by atoms with Crippen LogP contribution < -0.4 is 11.1 Å². The minimum absolute atomic E-state index is 0. The Hall–Kier alpha value is -2.64. The third-order valence-corrected chi connectivity index (χ3v) is 7.85. The zero-order valence-corrected chi connectivity index (χ0v) is 22.0. The Labute approximate surface area is 223 Å². The van der Waals surface area contributed by atoms with Crippen LogP contribution in [0, 0.1) is 0 Å². The Morgan fingerprint density at radius 3 is 2.49 bits per heavy atom. The number of hydrogen-bond acceptors (Lipinski definition) is 8. The first-order chi connectivity index (χ1) is 16.2. The molecule has 35 heavy (non-hydrogen) atoms. The lowest BCUT2D eigenvalue weighted by Crippen LogP contribution is -2.71. The first kappa shape index (κ1) is 25.5. The summed E-state index contributed by atoms with van der Waals surface area (Å²) in [6.45, 7) is 3.66. The van der Waals surface area contributed by atoms with Gasteiger partial charge in [-0.15, -0.1) is 35.7 Å². The zero-order valence-electron chi connectivity index (χ0n) is 18.9. The average Bonchev–Trinajstić information content (AvgIpc) is 3.28. The van der Waals surface area contributed by atoms with Gasteiger partial charge < -0.3 is 25.4 Å². The van der Waals surface area contributed by atoms with Crippen LogP contribution in [-0.2, 0) is 23.9 Å². The minimum atomic E-state index is -1.16. The summed E-state index contributed by atoms with van der Waals surface area (Å²) in [6.07, 6.45) is -1.16. The second-order valence-corrected chi connectivity index (χ2v) is 10.7. The van der Waals surface area contributed by atoms with E-state index in [0.717, 1.165) is 0 Å². The molecule has 1 unspecified atom stereocenters. The highest BCUT2D eigenvalue weighted by Crippen LogP contribution is 2.51. The standard InChI is InChI=1S/C24H23N3O6S.HI/c1-24(2)17(22(31)33-23-14-11-7-6-10-13(14)21(30)32-23)27-19(29)16(20(27)34-24)26-18(28)15(25)12-8-4-3-5-9-12;/h3-11,15-17,20,23H,25H2,1-2H3,(H,26,28);1H/t15-,16-,17+,20-,23?;/m1./s1. The Balaban J connectivity index is 0.00000289. The monoisotopic (exact) mass is 609 g/mol. The molecule has 5 atom stereocenters. The largest absolute Gasteiger partial charge is 0.419 e. The third kappa shape index (κ3) is 4.29. The maximum Gasteiger partial charge on any atom is 0.342 e. The van der Waals surface area contributed by atoms with Crippen LogP contribution in [0.15, 0.2) is 54.6 Å². The molecule has 0 saturated carbocycles. The number of carbonyl (C=O) groups is 4. The number of fused-ring (bicyclic) bond motifs is 2. The van der Waals surface area contributed by atoms with Crippen molar-refractivity contribution in [3.63, 3.8) is 0 Å². The molecule has 0 radical (unpaired) electrons. The lowest BCUT2D eigenvalue weighted by atomic mass is 9.95. The summed E-state index contributed by atoms with van der Waals surface area (Å²) in [4.78, 5) is 52.3. The molecule has 3 aliphatic rings. The highest BCUT2D eigenvalue weighted by molar-refractivity contribution is 14.0. The van der Waals surface area contributed by atoms with Crippen molar-refractivity contribution in [2.24, 2.45) is 5.73 Å². The number of thioether (sulfide) groups is 1. The van der Waals surface area contributed by atoms with Gasteiger partial charge in [-0.1, -0.05) is 48.5 Å². The number of benzene rings is 2. The van der Waals surface area contributed by atoms with Crippen LogP contribution in [0.4, 0.5) is 0 Å². The Morgan fingerprint density at radius 1 is 1.11 bits per heavy atom. The van der Waals surface area contributed by atoms with E-state index in [0.29, 0.717) is 16.7 Å². The number of nitrogens with one attached hydrogen (secondary N) is 1. The van der Waals surface area contributed by atoms with Crippen LogP contribution in [0.3, 0.4) is 0 Å². The van der Waals surface area contributed by atoms with Crippen molar-refractivity contribution in [2.45, 2.75) is 48.4 Å². The van der Waals surface area contributed by atoms with Crippen molar-refractivity contribution >= 4 is 59.5 Å². The van der Waals surface area contributed by atoms with Gasteiger partial charge in [0.25, 0.3) is 6.29 Å². The highest BCUT2D eigenvalue weighted by Gasteiger charge is 2.65. The molecular formula is C24H24IN3O6S. The lowest BCUT2D eigenvalue weighted by molar-refractivity contribution is -0.180. The van der Waals surface area contributed by atoms with E-state index in [9.17, 15) is 19.2 Å². The lowest BCUT2D eigenvalue weighted by Gasteiger charge is -2.44. The molecule has 2 saturated heterocycles. The summed E-state index contributed by atoms with van der Waals surface area (Å²) in [5, 5.41) is 2.29. The number of nitrogens with two attached hydrogens (primary N) is 1. The molecule has 11 heteroatoms. The molecule has 9 nitrogen and oxygen atoms in total. The average molecular weight is 609 g/mol.